The fourth-order valence-corrected chi connectivity index (χ4v) is 1.83. The molecule has 0 heterocycles. The van der Waals surface area contributed by atoms with Crippen LogP contribution in [0.15, 0.2) is 60.7 Å². The average Bonchev–Trinajstić information content (AvgIpc) is 2.53. The number of carbonyl (C=O) groups excluding carboxylic acids is 1. The summed E-state index contributed by atoms with van der Waals surface area (Å²) in [6.45, 7) is 6.09. The summed E-state index contributed by atoms with van der Waals surface area (Å²) in [6.07, 6.45) is 0. The number of carbonyl (C=O) groups is 1. The van der Waals surface area contributed by atoms with Crippen LogP contribution in [-0.4, -0.2) is 19.1 Å². The van der Waals surface area contributed by atoms with E-state index in [1.165, 1.54) is 6.07 Å². The lowest BCUT2D eigenvalue weighted by Crippen LogP contribution is -2.22. The Balaban J connectivity index is 1.83. The standard InChI is InChI=1S/C18H19FN2O2/c1-13(2)12-23-15-9-7-14(8-10-15)21-18(22)11-20-17-6-4-3-5-16(17)19/h3-10,20H,1,11-12H2,2H3,(H,21,22). The van der Waals surface area contributed by atoms with Gasteiger partial charge in [0.1, 0.15) is 18.2 Å². The highest BCUT2D eigenvalue weighted by atomic mass is 19.1. The highest BCUT2D eigenvalue weighted by Gasteiger charge is 2.05. The lowest BCUT2D eigenvalue weighted by molar-refractivity contribution is -0.114. The Morgan fingerprint density at radius 1 is 1.17 bits per heavy atom. The number of nitrogens with one attached hydrogen (secondary N) is 2. The molecule has 0 saturated carbocycles. The van der Waals surface area contributed by atoms with Crippen molar-refractivity contribution in [3.05, 3.63) is 66.5 Å². The summed E-state index contributed by atoms with van der Waals surface area (Å²) in [7, 11) is 0. The molecule has 0 atom stereocenters. The smallest absolute Gasteiger partial charge is 0.243 e. The number of hydrogen-bond donors (Lipinski definition) is 2. The van der Waals surface area contributed by atoms with Crippen LogP contribution in [0.4, 0.5) is 15.8 Å². The molecule has 0 bridgehead atoms. The molecule has 0 spiro atoms. The number of halogens is 1. The van der Waals surface area contributed by atoms with Crippen LogP contribution in [-0.2, 0) is 4.79 Å². The molecule has 0 radical (unpaired) electrons. The van der Waals surface area contributed by atoms with Crippen molar-refractivity contribution in [1.82, 2.24) is 0 Å². The van der Waals surface area contributed by atoms with Gasteiger partial charge in [0.05, 0.1) is 12.2 Å². The van der Waals surface area contributed by atoms with Crippen LogP contribution in [0, 0.1) is 5.82 Å². The second-order valence-corrected chi connectivity index (χ2v) is 5.15. The molecule has 0 aliphatic heterocycles. The van der Waals surface area contributed by atoms with Crippen LogP contribution in [0.1, 0.15) is 6.92 Å². The van der Waals surface area contributed by atoms with Crippen molar-refractivity contribution in [3.8, 4) is 5.75 Å². The van der Waals surface area contributed by atoms with Gasteiger partial charge in [0.15, 0.2) is 0 Å². The lowest BCUT2D eigenvalue weighted by Gasteiger charge is -2.10. The zero-order chi connectivity index (χ0) is 16.7. The molecular weight excluding hydrogens is 295 g/mol. The second-order valence-electron chi connectivity index (χ2n) is 5.15. The Bertz CT molecular complexity index is 684. The SMILES string of the molecule is C=C(C)COc1ccc(NC(=O)CNc2ccccc2F)cc1. The van der Waals surface area contributed by atoms with Crippen LogP contribution in [0.25, 0.3) is 0 Å². The summed E-state index contributed by atoms with van der Waals surface area (Å²) in [5.41, 5.74) is 1.88. The first kappa shape index (κ1) is 16.5. The number of benzene rings is 2. The fourth-order valence-electron chi connectivity index (χ4n) is 1.83. The Labute approximate surface area is 135 Å². The number of anilines is 2. The normalized spacial score (nSPS) is 10.0. The van der Waals surface area contributed by atoms with Crippen LogP contribution in [0.2, 0.25) is 0 Å². The Morgan fingerprint density at radius 2 is 1.87 bits per heavy atom. The van der Waals surface area contributed by atoms with Gasteiger partial charge in [0.2, 0.25) is 5.91 Å². The van der Waals surface area contributed by atoms with Gasteiger partial charge in [-0.25, -0.2) is 4.39 Å². The highest BCUT2D eigenvalue weighted by molar-refractivity contribution is 5.93. The van der Waals surface area contributed by atoms with Crippen molar-refractivity contribution >= 4 is 17.3 Å². The minimum Gasteiger partial charge on any atom is -0.489 e. The molecule has 0 aliphatic rings. The van der Waals surface area contributed by atoms with E-state index in [1.807, 2.05) is 6.92 Å². The van der Waals surface area contributed by atoms with Gasteiger partial charge in [0.25, 0.3) is 0 Å². The van der Waals surface area contributed by atoms with Gasteiger partial charge in [0, 0.05) is 5.69 Å². The molecule has 2 aromatic rings. The molecule has 0 unspecified atom stereocenters. The van der Waals surface area contributed by atoms with Crippen molar-refractivity contribution in [2.24, 2.45) is 0 Å². The summed E-state index contributed by atoms with van der Waals surface area (Å²) in [5.74, 6) is 0.0543. The van der Waals surface area contributed by atoms with Crippen molar-refractivity contribution in [1.29, 1.82) is 0 Å². The summed E-state index contributed by atoms with van der Waals surface area (Å²) in [4.78, 5) is 11.9. The van der Waals surface area contributed by atoms with E-state index in [4.69, 9.17) is 4.74 Å². The molecule has 2 aromatic carbocycles. The largest absolute Gasteiger partial charge is 0.489 e. The minimum absolute atomic E-state index is 0.0190. The molecule has 5 heteroatoms. The summed E-state index contributed by atoms with van der Waals surface area (Å²) in [6, 6.07) is 13.2. The van der Waals surface area contributed by atoms with E-state index in [1.54, 1.807) is 42.5 Å². The predicted molar refractivity (Wildman–Crippen MR) is 90.3 cm³/mol. The third-order valence-corrected chi connectivity index (χ3v) is 2.94. The van der Waals surface area contributed by atoms with Gasteiger partial charge in [-0.3, -0.25) is 4.79 Å². The third kappa shape index (κ3) is 5.47. The maximum absolute atomic E-state index is 13.4. The maximum atomic E-state index is 13.4. The Hall–Kier alpha value is -2.82. The van der Waals surface area contributed by atoms with Crippen molar-refractivity contribution in [2.75, 3.05) is 23.8 Å². The molecule has 0 aromatic heterocycles. The number of para-hydroxylation sites is 1. The van der Waals surface area contributed by atoms with E-state index in [9.17, 15) is 9.18 Å². The van der Waals surface area contributed by atoms with Gasteiger partial charge in [-0.15, -0.1) is 0 Å². The highest BCUT2D eigenvalue weighted by Crippen LogP contribution is 2.16. The van der Waals surface area contributed by atoms with Crippen LogP contribution in [0.5, 0.6) is 5.75 Å². The van der Waals surface area contributed by atoms with Crippen LogP contribution in [0.3, 0.4) is 0 Å². The van der Waals surface area contributed by atoms with Gasteiger partial charge >= 0.3 is 0 Å². The van der Waals surface area contributed by atoms with Gasteiger partial charge in [-0.1, -0.05) is 18.7 Å². The molecule has 0 aliphatic carbocycles. The summed E-state index contributed by atoms with van der Waals surface area (Å²) < 4.78 is 18.9. The second kappa shape index (κ2) is 7.98. The molecule has 120 valence electrons. The first-order valence-corrected chi connectivity index (χ1v) is 7.20. The van der Waals surface area contributed by atoms with Crippen molar-refractivity contribution < 1.29 is 13.9 Å². The molecule has 2 rings (SSSR count). The number of amides is 1. The third-order valence-electron chi connectivity index (χ3n) is 2.94. The van der Waals surface area contributed by atoms with E-state index in [0.717, 1.165) is 5.57 Å². The molecule has 0 saturated heterocycles. The number of hydrogen-bond acceptors (Lipinski definition) is 3. The Kier molecular flexibility index (Phi) is 5.74. The number of ether oxygens (including phenoxy) is 1. The molecule has 4 nitrogen and oxygen atoms in total. The summed E-state index contributed by atoms with van der Waals surface area (Å²) >= 11 is 0. The van der Waals surface area contributed by atoms with E-state index in [2.05, 4.69) is 17.2 Å². The fraction of sp³-hybridized carbons (Fsp3) is 0.167. The zero-order valence-electron chi connectivity index (χ0n) is 12.9. The van der Waals surface area contributed by atoms with Gasteiger partial charge < -0.3 is 15.4 Å². The molecule has 23 heavy (non-hydrogen) atoms. The lowest BCUT2D eigenvalue weighted by atomic mass is 10.3. The van der Waals surface area contributed by atoms with Crippen LogP contribution >= 0.6 is 0 Å². The maximum Gasteiger partial charge on any atom is 0.243 e. The molecular formula is C18H19FN2O2. The quantitative estimate of drug-likeness (QED) is 0.764. The van der Waals surface area contributed by atoms with Gasteiger partial charge in [-0.2, -0.15) is 0 Å². The van der Waals surface area contributed by atoms with Crippen LogP contribution < -0.4 is 15.4 Å². The average molecular weight is 314 g/mol. The van der Waals surface area contributed by atoms with Crippen molar-refractivity contribution in [2.45, 2.75) is 6.92 Å². The molecule has 0 fully saturated rings. The predicted octanol–water partition coefficient (Wildman–Crippen LogP) is 3.83. The summed E-state index contributed by atoms with van der Waals surface area (Å²) in [5, 5.41) is 5.48. The van der Waals surface area contributed by atoms with Gasteiger partial charge in [-0.05, 0) is 48.9 Å². The zero-order valence-corrected chi connectivity index (χ0v) is 12.9. The van der Waals surface area contributed by atoms with E-state index >= 15 is 0 Å². The topological polar surface area (TPSA) is 50.4 Å². The first-order valence-electron chi connectivity index (χ1n) is 7.20. The molecule has 2 N–H and O–H groups in total. The molecule has 1 amide bonds. The monoisotopic (exact) mass is 314 g/mol. The first-order chi connectivity index (χ1) is 11.0. The van der Waals surface area contributed by atoms with Crippen molar-refractivity contribution in [3.63, 3.8) is 0 Å². The number of rotatable bonds is 7. The van der Waals surface area contributed by atoms with E-state index < -0.39 is 0 Å². The minimum atomic E-state index is -0.390. The Morgan fingerprint density at radius 3 is 2.52 bits per heavy atom. The van der Waals surface area contributed by atoms with E-state index in [0.29, 0.717) is 23.7 Å². The van der Waals surface area contributed by atoms with E-state index in [-0.39, 0.29) is 18.3 Å².